The number of benzene rings is 2. The lowest BCUT2D eigenvalue weighted by Crippen LogP contribution is -1.98. The van der Waals surface area contributed by atoms with Crippen molar-refractivity contribution in [2.24, 2.45) is 0 Å². The molecule has 6 rings (SSSR count). The van der Waals surface area contributed by atoms with E-state index in [-0.39, 0.29) is 0 Å². The van der Waals surface area contributed by atoms with Gasteiger partial charge in [-0.2, -0.15) is 0 Å². The van der Waals surface area contributed by atoms with Crippen LogP contribution in [0, 0.1) is 6.92 Å². The van der Waals surface area contributed by atoms with Gasteiger partial charge in [-0.3, -0.25) is 0 Å². The molecule has 10 heteroatoms. The molecule has 0 amide bonds. The van der Waals surface area contributed by atoms with E-state index in [9.17, 15) is 0 Å². The van der Waals surface area contributed by atoms with Crippen LogP contribution in [-0.2, 0) is 13.0 Å². The third-order valence-electron chi connectivity index (χ3n) is 6.10. The number of furan rings is 1. The zero-order valence-corrected chi connectivity index (χ0v) is 22.4. The van der Waals surface area contributed by atoms with Crippen LogP contribution in [-0.4, -0.2) is 33.8 Å². The highest BCUT2D eigenvalue weighted by atomic mass is 32.1. The molecule has 0 unspecified atom stereocenters. The van der Waals surface area contributed by atoms with Gasteiger partial charge in [-0.1, -0.05) is 25.1 Å². The molecule has 8 nitrogen and oxygen atoms in total. The lowest BCUT2D eigenvalue weighted by Gasteiger charge is -2.08. The Kier molecular flexibility index (Phi) is 6.05. The number of fused-ring (bicyclic) bond motifs is 2. The highest BCUT2D eigenvalue weighted by Crippen LogP contribution is 2.38. The average molecular weight is 533 g/mol. The van der Waals surface area contributed by atoms with Crippen molar-refractivity contribution in [3.8, 4) is 38.7 Å². The SMILES string of the molecule is CCc1cccc(-c2nc(COc3cc(OC)cc4oc(-c5cn6nc(OC)sc6n5)cc34)c(C)s2)c1. The van der Waals surface area contributed by atoms with Crippen LogP contribution in [0.1, 0.15) is 23.1 Å². The fraction of sp³-hybridized carbons (Fsp3) is 0.222. The van der Waals surface area contributed by atoms with Crippen molar-refractivity contribution in [2.75, 3.05) is 14.2 Å². The molecule has 0 fully saturated rings. The zero-order chi connectivity index (χ0) is 25.5. The molecule has 0 bridgehead atoms. The molecule has 2 aromatic carbocycles. The molecular weight excluding hydrogens is 508 g/mol. The van der Waals surface area contributed by atoms with Gasteiger partial charge in [0.15, 0.2) is 5.76 Å². The minimum atomic E-state index is 0.336. The van der Waals surface area contributed by atoms with Gasteiger partial charge in [0.2, 0.25) is 4.96 Å². The molecule has 0 N–H and O–H groups in total. The Hall–Kier alpha value is -3.89. The number of hydrogen-bond donors (Lipinski definition) is 0. The van der Waals surface area contributed by atoms with Gasteiger partial charge in [0, 0.05) is 22.6 Å². The van der Waals surface area contributed by atoms with Gasteiger partial charge in [0.05, 0.1) is 31.5 Å². The van der Waals surface area contributed by atoms with E-state index >= 15 is 0 Å². The normalized spacial score (nSPS) is 11.5. The third-order valence-corrected chi connectivity index (χ3v) is 8.05. The largest absolute Gasteiger partial charge is 0.496 e. The number of ether oxygens (including phenoxy) is 3. The summed E-state index contributed by atoms with van der Waals surface area (Å²) in [5.74, 6) is 1.92. The fourth-order valence-electron chi connectivity index (χ4n) is 4.09. The van der Waals surface area contributed by atoms with E-state index in [1.807, 2.05) is 24.4 Å². The van der Waals surface area contributed by atoms with Gasteiger partial charge in [-0.15, -0.1) is 16.4 Å². The number of thiazole rings is 1. The Morgan fingerprint density at radius 3 is 2.70 bits per heavy atom. The average Bonchev–Trinajstić information content (AvgIpc) is 3.68. The molecule has 0 aliphatic heterocycles. The number of rotatable bonds is 8. The first-order chi connectivity index (χ1) is 18.0. The van der Waals surface area contributed by atoms with Crippen LogP contribution < -0.4 is 14.2 Å². The summed E-state index contributed by atoms with van der Waals surface area (Å²) in [6.45, 7) is 4.57. The number of imidazole rings is 1. The molecule has 0 saturated heterocycles. The van der Waals surface area contributed by atoms with Crippen molar-refractivity contribution in [2.45, 2.75) is 26.9 Å². The first kappa shape index (κ1) is 23.5. The molecule has 0 atom stereocenters. The molecule has 4 aromatic heterocycles. The standard InChI is InChI=1S/C27H24N4O4S2/c1-5-16-7-6-8-17(9-16)25-28-21(15(2)36-25)14-34-22-10-18(32-3)11-23-19(22)12-24(35-23)20-13-31-26(29-20)37-27(30-31)33-4/h6-13H,5,14H2,1-4H3. The van der Waals surface area contributed by atoms with Gasteiger partial charge in [-0.25, -0.2) is 14.5 Å². The van der Waals surface area contributed by atoms with Gasteiger partial charge < -0.3 is 18.6 Å². The summed E-state index contributed by atoms with van der Waals surface area (Å²) in [6, 6.07) is 14.2. The predicted molar refractivity (Wildman–Crippen MR) is 145 cm³/mol. The Bertz CT molecular complexity index is 1700. The van der Waals surface area contributed by atoms with Gasteiger partial charge in [0.25, 0.3) is 5.19 Å². The number of hydrogen-bond acceptors (Lipinski definition) is 9. The topological polar surface area (TPSA) is 83.9 Å². The third kappa shape index (κ3) is 4.42. The number of aryl methyl sites for hydroxylation is 2. The van der Waals surface area contributed by atoms with Crippen molar-refractivity contribution >= 4 is 38.6 Å². The minimum Gasteiger partial charge on any atom is -0.496 e. The van der Waals surface area contributed by atoms with Crippen LogP contribution in [0.4, 0.5) is 0 Å². The van der Waals surface area contributed by atoms with Crippen LogP contribution in [0.25, 0.3) is 38.0 Å². The highest BCUT2D eigenvalue weighted by Gasteiger charge is 2.18. The quantitative estimate of drug-likeness (QED) is 0.213. The van der Waals surface area contributed by atoms with E-state index in [4.69, 9.17) is 23.6 Å². The Labute approximate surface area is 221 Å². The summed E-state index contributed by atoms with van der Waals surface area (Å²) in [7, 11) is 3.21. The molecule has 0 spiro atoms. The second kappa shape index (κ2) is 9.53. The second-order valence-electron chi connectivity index (χ2n) is 8.44. The van der Waals surface area contributed by atoms with Crippen LogP contribution in [0.3, 0.4) is 0 Å². The van der Waals surface area contributed by atoms with E-state index in [0.29, 0.717) is 40.3 Å². The van der Waals surface area contributed by atoms with E-state index in [1.54, 1.807) is 30.1 Å². The maximum Gasteiger partial charge on any atom is 0.294 e. The maximum atomic E-state index is 6.30. The van der Waals surface area contributed by atoms with Crippen molar-refractivity contribution in [1.29, 1.82) is 0 Å². The van der Waals surface area contributed by atoms with Crippen LogP contribution in [0.2, 0.25) is 0 Å². The lowest BCUT2D eigenvalue weighted by atomic mass is 10.1. The predicted octanol–water partition coefficient (Wildman–Crippen LogP) is 6.79. The molecule has 37 heavy (non-hydrogen) atoms. The van der Waals surface area contributed by atoms with Crippen LogP contribution >= 0.6 is 22.7 Å². The van der Waals surface area contributed by atoms with Crippen LogP contribution in [0.15, 0.2) is 53.1 Å². The summed E-state index contributed by atoms with van der Waals surface area (Å²) in [5, 5.41) is 6.73. The summed E-state index contributed by atoms with van der Waals surface area (Å²) in [4.78, 5) is 11.4. The Balaban J connectivity index is 1.30. The van der Waals surface area contributed by atoms with Crippen molar-refractivity contribution in [3.05, 3.63) is 64.8 Å². The number of methoxy groups -OCH3 is 2. The monoisotopic (exact) mass is 532 g/mol. The van der Waals surface area contributed by atoms with E-state index in [0.717, 1.165) is 37.9 Å². The van der Waals surface area contributed by atoms with Gasteiger partial charge >= 0.3 is 0 Å². The maximum absolute atomic E-state index is 6.30. The first-order valence-corrected chi connectivity index (χ1v) is 13.4. The van der Waals surface area contributed by atoms with Gasteiger partial charge in [-0.05, 0) is 42.4 Å². The van der Waals surface area contributed by atoms with Crippen molar-refractivity contribution < 1.29 is 18.6 Å². The van der Waals surface area contributed by atoms with E-state index in [1.165, 1.54) is 16.9 Å². The van der Waals surface area contributed by atoms with E-state index in [2.05, 4.69) is 48.2 Å². The molecule has 0 aliphatic rings. The molecule has 6 aromatic rings. The molecular formula is C27H24N4O4S2. The molecule has 0 aliphatic carbocycles. The minimum absolute atomic E-state index is 0.336. The Morgan fingerprint density at radius 1 is 1.03 bits per heavy atom. The van der Waals surface area contributed by atoms with Crippen LogP contribution in [0.5, 0.6) is 16.7 Å². The summed E-state index contributed by atoms with van der Waals surface area (Å²) < 4.78 is 24.8. The smallest absolute Gasteiger partial charge is 0.294 e. The molecule has 0 radical (unpaired) electrons. The fourth-order valence-corrected chi connectivity index (χ4v) is 5.70. The zero-order valence-electron chi connectivity index (χ0n) is 20.8. The molecule has 4 heterocycles. The summed E-state index contributed by atoms with van der Waals surface area (Å²) >= 11 is 3.05. The van der Waals surface area contributed by atoms with Crippen molar-refractivity contribution in [1.82, 2.24) is 19.6 Å². The number of aromatic nitrogens is 4. The molecule has 0 saturated carbocycles. The first-order valence-electron chi connectivity index (χ1n) is 11.7. The molecule has 188 valence electrons. The summed E-state index contributed by atoms with van der Waals surface area (Å²) in [5.41, 5.74) is 4.67. The van der Waals surface area contributed by atoms with Crippen molar-refractivity contribution in [3.63, 3.8) is 0 Å². The lowest BCUT2D eigenvalue weighted by molar-refractivity contribution is 0.303. The number of nitrogens with zero attached hydrogens (tertiary/aromatic N) is 4. The second-order valence-corrected chi connectivity index (χ2v) is 10.6. The van der Waals surface area contributed by atoms with E-state index < -0.39 is 0 Å². The summed E-state index contributed by atoms with van der Waals surface area (Å²) in [6.07, 6.45) is 2.81. The highest BCUT2D eigenvalue weighted by molar-refractivity contribution is 7.18. The van der Waals surface area contributed by atoms with Gasteiger partial charge in [0.1, 0.15) is 34.4 Å². The Morgan fingerprint density at radius 2 is 1.92 bits per heavy atom.